The summed E-state index contributed by atoms with van der Waals surface area (Å²) in [4.78, 5) is 11.3. The molecule has 0 heterocycles. The topological polar surface area (TPSA) is 61.6 Å². The lowest BCUT2D eigenvalue weighted by Crippen LogP contribution is -2.33. The largest absolute Gasteiger partial charge is 0.497 e. The zero-order chi connectivity index (χ0) is 18.2. The van der Waals surface area contributed by atoms with Crippen molar-refractivity contribution in [3.05, 3.63) is 53.3 Å². The summed E-state index contributed by atoms with van der Waals surface area (Å²) in [5, 5.41) is 0. The standard InChI is InChI=1S/C20H22FNO3/c1-20(2)9-8-13-10-12(4-6-16(13)18(20)25-19(22)23)15-7-5-14(24-3)11-17(15)21/h4-7,10-11,18H,8-9H2,1-3H3,(H2,22,23). The Morgan fingerprint density at radius 2 is 2.00 bits per heavy atom. The van der Waals surface area contributed by atoms with Gasteiger partial charge < -0.3 is 15.2 Å². The molecule has 0 spiro atoms. The zero-order valence-electron chi connectivity index (χ0n) is 14.6. The van der Waals surface area contributed by atoms with Crippen LogP contribution in [0.15, 0.2) is 36.4 Å². The normalized spacial score (nSPS) is 18.3. The Bertz CT molecular complexity index is 817. The number of rotatable bonds is 3. The van der Waals surface area contributed by atoms with Crippen molar-refractivity contribution in [2.24, 2.45) is 11.1 Å². The van der Waals surface area contributed by atoms with Gasteiger partial charge in [0, 0.05) is 17.0 Å². The fourth-order valence-corrected chi connectivity index (χ4v) is 3.45. The molecule has 0 aromatic heterocycles. The van der Waals surface area contributed by atoms with Gasteiger partial charge in [0.1, 0.15) is 17.7 Å². The highest BCUT2D eigenvalue weighted by atomic mass is 19.1. The molecule has 0 bridgehead atoms. The van der Waals surface area contributed by atoms with Crippen molar-refractivity contribution in [3.63, 3.8) is 0 Å². The molecule has 2 N–H and O–H groups in total. The quantitative estimate of drug-likeness (QED) is 0.885. The molecule has 0 fully saturated rings. The fraction of sp³-hybridized carbons (Fsp3) is 0.350. The van der Waals surface area contributed by atoms with Crippen molar-refractivity contribution in [2.75, 3.05) is 7.11 Å². The Morgan fingerprint density at radius 1 is 1.24 bits per heavy atom. The Kier molecular flexibility index (Phi) is 4.41. The van der Waals surface area contributed by atoms with Crippen molar-refractivity contribution >= 4 is 6.09 Å². The third-order valence-electron chi connectivity index (χ3n) is 4.90. The molecule has 3 rings (SSSR count). The van der Waals surface area contributed by atoms with Crippen LogP contribution in [0.3, 0.4) is 0 Å². The molecule has 2 aromatic rings. The first kappa shape index (κ1) is 17.3. The van der Waals surface area contributed by atoms with Gasteiger partial charge in [-0.25, -0.2) is 9.18 Å². The van der Waals surface area contributed by atoms with Crippen LogP contribution in [0, 0.1) is 11.2 Å². The summed E-state index contributed by atoms with van der Waals surface area (Å²) in [6, 6.07) is 10.5. The summed E-state index contributed by atoms with van der Waals surface area (Å²) in [5.74, 6) is 0.149. The van der Waals surface area contributed by atoms with Gasteiger partial charge in [-0.1, -0.05) is 32.0 Å². The summed E-state index contributed by atoms with van der Waals surface area (Å²) in [7, 11) is 1.51. The second-order valence-corrected chi connectivity index (χ2v) is 7.06. The number of amides is 1. The molecule has 4 nitrogen and oxygen atoms in total. The fourth-order valence-electron chi connectivity index (χ4n) is 3.45. The number of primary amides is 1. The maximum absolute atomic E-state index is 14.4. The van der Waals surface area contributed by atoms with Gasteiger partial charge >= 0.3 is 6.09 Å². The molecule has 0 radical (unpaired) electrons. The average molecular weight is 343 g/mol. The number of benzene rings is 2. The maximum Gasteiger partial charge on any atom is 0.405 e. The van der Waals surface area contributed by atoms with Gasteiger partial charge in [0.15, 0.2) is 0 Å². The molecular formula is C20H22FNO3. The summed E-state index contributed by atoms with van der Waals surface area (Å²) in [6.07, 6.45) is 0.513. The van der Waals surface area contributed by atoms with E-state index in [1.165, 1.54) is 13.2 Å². The second kappa shape index (κ2) is 6.39. The Balaban J connectivity index is 2.02. The van der Waals surface area contributed by atoms with Gasteiger partial charge in [-0.2, -0.15) is 0 Å². The van der Waals surface area contributed by atoms with Crippen LogP contribution in [0.1, 0.15) is 37.5 Å². The van der Waals surface area contributed by atoms with Gasteiger partial charge in [0.05, 0.1) is 7.11 Å². The molecule has 0 aliphatic heterocycles. The first-order chi connectivity index (χ1) is 11.8. The van der Waals surface area contributed by atoms with Crippen LogP contribution in [-0.4, -0.2) is 13.2 Å². The van der Waals surface area contributed by atoms with Crippen LogP contribution in [0.4, 0.5) is 9.18 Å². The van der Waals surface area contributed by atoms with Crippen molar-refractivity contribution in [1.29, 1.82) is 0 Å². The number of hydrogen-bond acceptors (Lipinski definition) is 3. The minimum atomic E-state index is -0.781. The molecule has 1 atom stereocenters. The van der Waals surface area contributed by atoms with E-state index >= 15 is 0 Å². The zero-order valence-corrected chi connectivity index (χ0v) is 14.6. The first-order valence-corrected chi connectivity index (χ1v) is 8.24. The number of aryl methyl sites for hydroxylation is 1. The first-order valence-electron chi connectivity index (χ1n) is 8.24. The highest BCUT2D eigenvalue weighted by molar-refractivity contribution is 5.68. The van der Waals surface area contributed by atoms with E-state index in [1.807, 2.05) is 18.2 Å². The van der Waals surface area contributed by atoms with Crippen molar-refractivity contribution < 1.29 is 18.7 Å². The molecule has 1 amide bonds. The van der Waals surface area contributed by atoms with Gasteiger partial charge in [0.2, 0.25) is 0 Å². The van der Waals surface area contributed by atoms with Gasteiger partial charge in [-0.05, 0) is 41.7 Å². The molecule has 1 aliphatic carbocycles. The van der Waals surface area contributed by atoms with Crippen LogP contribution in [0.25, 0.3) is 11.1 Å². The van der Waals surface area contributed by atoms with Crippen LogP contribution in [-0.2, 0) is 11.2 Å². The minimum absolute atomic E-state index is 0.199. The lowest BCUT2D eigenvalue weighted by Gasteiger charge is -2.39. The Labute approximate surface area is 146 Å². The third-order valence-corrected chi connectivity index (χ3v) is 4.90. The number of carbonyl (C=O) groups is 1. The van der Waals surface area contributed by atoms with Crippen molar-refractivity contribution in [1.82, 2.24) is 0 Å². The molecule has 2 aromatic carbocycles. The van der Waals surface area contributed by atoms with E-state index in [4.69, 9.17) is 15.2 Å². The third kappa shape index (κ3) is 3.31. The Hall–Kier alpha value is -2.56. The highest BCUT2D eigenvalue weighted by Gasteiger charge is 2.38. The molecule has 25 heavy (non-hydrogen) atoms. The van der Waals surface area contributed by atoms with Gasteiger partial charge in [-0.15, -0.1) is 0 Å². The van der Waals surface area contributed by atoms with E-state index < -0.39 is 12.2 Å². The monoisotopic (exact) mass is 343 g/mol. The number of ether oxygens (including phenoxy) is 2. The molecule has 1 unspecified atom stereocenters. The number of halogens is 1. The van der Waals surface area contributed by atoms with E-state index in [2.05, 4.69) is 13.8 Å². The van der Waals surface area contributed by atoms with Crippen LogP contribution < -0.4 is 10.5 Å². The summed E-state index contributed by atoms with van der Waals surface area (Å²) >= 11 is 0. The summed E-state index contributed by atoms with van der Waals surface area (Å²) in [5.41, 5.74) is 8.34. The van der Waals surface area contributed by atoms with E-state index in [-0.39, 0.29) is 11.2 Å². The van der Waals surface area contributed by atoms with Crippen LogP contribution >= 0.6 is 0 Å². The number of carbonyl (C=O) groups excluding carboxylic acids is 1. The van der Waals surface area contributed by atoms with Crippen LogP contribution in [0.2, 0.25) is 0 Å². The van der Waals surface area contributed by atoms with Crippen LogP contribution in [0.5, 0.6) is 5.75 Å². The molecular weight excluding hydrogens is 321 g/mol. The van der Waals surface area contributed by atoms with Gasteiger partial charge in [-0.3, -0.25) is 0 Å². The number of hydrogen-bond donors (Lipinski definition) is 1. The second-order valence-electron chi connectivity index (χ2n) is 7.06. The van der Waals surface area contributed by atoms with E-state index in [1.54, 1.807) is 12.1 Å². The molecule has 1 aliphatic rings. The molecule has 0 saturated carbocycles. The average Bonchev–Trinajstić information content (AvgIpc) is 2.57. The molecule has 132 valence electrons. The SMILES string of the molecule is COc1ccc(-c2ccc3c(c2)CCC(C)(C)C3OC(N)=O)c(F)c1. The van der Waals surface area contributed by atoms with Crippen molar-refractivity contribution in [3.8, 4) is 16.9 Å². The predicted molar refractivity (Wildman–Crippen MR) is 93.9 cm³/mol. The smallest absolute Gasteiger partial charge is 0.405 e. The number of methoxy groups -OCH3 is 1. The van der Waals surface area contributed by atoms with E-state index in [9.17, 15) is 9.18 Å². The lowest BCUT2D eigenvalue weighted by molar-refractivity contribution is 0.0147. The van der Waals surface area contributed by atoms with Gasteiger partial charge in [0.25, 0.3) is 0 Å². The van der Waals surface area contributed by atoms with E-state index in [0.717, 1.165) is 29.5 Å². The molecule has 0 saturated heterocycles. The summed E-state index contributed by atoms with van der Waals surface area (Å²) < 4.78 is 24.8. The maximum atomic E-state index is 14.4. The Morgan fingerprint density at radius 3 is 2.64 bits per heavy atom. The number of fused-ring (bicyclic) bond motifs is 1. The lowest BCUT2D eigenvalue weighted by atomic mass is 9.71. The van der Waals surface area contributed by atoms with Crippen molar-refractivity contribution in [2.45, 2.75) is 32.8 Å². The highest BCUT2D eigenvalue weighted by Crippen LogP contribution is 2.46. The summed E-state index contributed by atoms with van der Waals surface area (Å²) in [6.45, 7) is 4.11. The predicted octanol–water partition coefficient (Wildman–Crippen LogP) is 4.61. The van der Waals surface area contributed by atoms with E-state index in [0.29, 0.717) is 11.3 Å². The molecule has 5 heteroatoms. The number of nitrogens with two attached hydrogens (primary N) is 1. The minimum Gasteiger partial charge on any atom is -0.497 e.